The Kier molecular flexibility index (Phi) is 3.62. The predicted molar refractivity (Wildman–Crippen MR) is 82.3 cm³/mol. The van der Waals surface area contributed by atoms with E-state index in [0.29, 0.717) is 6.61 Å². The smallest absolute Gasteiger partial charge is 0.303 e. The van der Waals surface area contributed by atoms with Gasteiger partial charge in [-0.1, -0.05) is 36.4 Å². The molecular formula is C18H22O4. The Morgan fingerprint density at radius 3 is 2.45 bits per heavy atom. The van der Waals surface area contributed by atoms with Gasteiger partial charge in [0, 0.05) is 6.92 Å². The third-order valence-electron chi connectivity index (χ3n) is 4.56. The van der Waals surface area contributed by atoms with Crippen molar-refractivity contribution in [3.05, 3.63) is 47.5 Å². The minimum absolute atomic E-state index is 0.314. The Hall–Kier alpha value is -1.65. The fourth-order valence-electron chi connectivity index (χ4n) is 3.34. The Morgan fingerprint density at radius 1 is 1.18 bits per heavy atom. The zero-order valence-corrected chi connectivity index (χ0v) is 13.5. The number of rotatable bonds is 4. The molecule has 22 heavy (non-hydrogen) atoms. The lowest BCUT2D eigenvalue weighted by atomic mass is 9.85. The average Bonchev–Trinajstić information content (AvgIpc) is 2.86. The molecular weight excluding hydrogens is 280 g/mol. The van der Waals surface area contributed by atoms with Gasteiger partial charge in [0.15, 0.2) is 6.10 Å². The molecule has 2 heterocycles. The number of fused-ring (bicyclic) bond motifs is 2. The van der Waals surface area contributed by atoms with Gasteiger partial charge in [-0.25, -0.2) is 0 Å². The van der Waals surface area contributed by atoms with E-state index in [0.717, 1.165) is 5.56 Å². The second-order valence-corrected chi connectivity index (χ2v) is 6.49. The molecule has 0 spiro atoms. The number of aryl methyl sites for hydroxylation is 1. The topological polar surface area (TPSA) is 44.8 Å². The fraction of sp³-hybridized carbons (Fsp3) is 0.500. The van der Waals surface area contributed by atoms with Crippen LogP contribution in [0.25, 0.3) is 0 Å². The van der Waals surface area contributed by atoms with Gasteiger partial charge < -0.3 is 14.2 Å². The van der Waals surface area contributed by atoms with Gasteiger partial charge in [0.1, 0.15) is 17.3 Å². The Morgan fingerprint density at radius 2 is 1.82 bits per heavy atom. The van der Waals surface area contributed by atoms with Crippen LogP contribution in [0, 0.1) is 6.92 Å². The summed E-state index contributed by atoms with van der Waals surface area (Å²) in [6.07, 6.45) is 3.24. The summed E-state index contributed by atoms with van der Waals surface area (Å²) in [5.74, 6) is -0.316. The number of ether oxygens (including phenoxy) is 3. The minimum Gasteiger partial charge on any atom is -0.456 e. The zero-order chi connectivity index (χ0) is 16.0. The van der Waals surface area contributed by atoms with Crippen molar-refractivity contribution in [3.8, 4) is 0 Å². The van der Waals surface area contributed by atoms with Gasteiger partial charge in [-0.15, -0.1) is 0 Å². The average molecular weight is 302 g/mol. The van der Waals surface area contributed by atoms with Crippen molar-refractivity contribution in [1.82, 2.24) is 0 Å². The number of carbonyl (C=O) groups is 1. The summed E-state index contributed by atoms with van der Waals surface area (Å²) in [4.78, 5) is 11.4. The van der Waals surface area contributed by atoms with Crippen molar-refractivity contribution in [3.63, 3.8) is 0 Å². The molecule has 118 valence electrons. The van der Waals surface area contributed by atoms with Gasteiger partial charge in [0.2, 0.25) is 0 Å². The molecule has 0 radical (unpaired) electrons. The first kappa shape index (κ1) is 15.3. The van der Waals surface area contributed by atoms with Crippen LogP contribution < -0.4 is 0 Å². The standard InChI is InChI=1S/C18H22O4/c1-12-7-5-6-8-14(12)11-20-15-16(21-13(2)19)18(4)10-9-17(15,3)22-18/h5-10,15-16H,11H2,1-4H3/t15?,16?,17-,18+/m0/s1. The quantitative estimate of drug-likeness (QED) is 0.633. The highest BCUT2D eigenvalue weighted by molar-refractivity contribution is 5.66. The van der Waals surface area contributed by atoms with Crippen molar-refractivity contribution >= 4 is 5.97 Å². The van der Waals surface area contributed by atoms with Crippen LogP contribution in [0.3, 0.4) is 0 Å². The normalized spacial score (nSPS) is 35.8. The molecule has 3 rings (SSSR count). The lowest BCUT2D eigenvalue weighted by Crippen LogP contribution is -2.48. The van der Waals surface area contributed by atoms with E-state index >= 15 is 0 Å². The third kappa shape index (κ3) is 2.46. The molecule has 1 aromatic carbocycles. The second kappa shape index (κ2) is 5.21. The van der Waals surface area contributed by atoms with Crippen LogP contribution >= 0.6 is 0 Å². The maximum absolute atomic E-state index is 11.4. The molecule has 0 N–H and O–H groups in total. The van der Waals surface area contributed by atoms with E-state index in [4.69, 9.17) is 14.2 Å². The second-order valence-electron chi connectivity index (χ2n) is 6.49. The largest absolute Gasteiger partial charge is 0.456 e. The van der Waals surface area contributed by atoms with E-state index < -0.39 is 17.3 Å². The summed E-state index contributed by atoms with van der Waals surface area (Å²) < 4.78 is 17.7. The van der Waals surface area contributed by atoms with Crippen LogP contribution in [-0.4, -0.2) is 29.4 Å². The van der Waals surface area contributed by atoms with Crippen LogP contribution in [0.15, 0.2) is 36.4 Å². The van der Waals surface area contributed by atoms with Crippen LogP contribution in [0.5, 0.6) is 0 Å². The minimum atomic E-state index is -0.614. The maximum Gasteiger partial charge on any atom is 0.303 e. The highest BCUT2D eigenvalue weighted by Gasteiger charge is 2.62. The molecule has 0 aromatic heterocycles. The van der Waals surface area contributed by atoms with Gasteiger partial charge in [0.25, 0.3) is 0 Å². The molecule has 0 amide bonds. The molecule has 0 saturated carbocycles. The van der Waals surface area contributed by atoms with Crippen molar-refractivity contribution in [2.24, 2.45) is 0 Å². The van der Waals surface area contributed by atoms with Crippen molar-refractivity contribution in [1.29, 1.82) is 0 Å². The Bertz CT molecular complexity index is 623. The first-order chi connectivity index (χ1) is 10.3. The molecule has 1 aromatic rings. The molecule has 4 atom stereocenters. The van der Waals surface area contributed by atoms with Crippen molar-refractivity contribution < 1.29 is 19.0 Å². The Balaban J connectivity index is 1.80. The number of carbonyl (C=O) groups excluding carboxylic acids is 1. The van der Waals surface area contributed by atoms with Crippen molar-refractivity contribution in [2.45, 2.75) is 57.7 Å². The highest BCUT2D eigenvalue weighted by Crippen LogP contribution is 2.48. The predicted octanol–water partition coefficient (Wildman–Crippen LogP) is 2.93. The summed E-state index contributed by atoms with van der Waals surface area (Å²) in [6, 6.07) is 8.11. The molecule has 4 nitrogen and oxygen atoms in total. The molecule has 2 unspecified atom stereocenters. The van der Waals surface area contributed by atoms with Crippen LogP contribution in [0.2, 0.25) is 0 Å². The molecule has 0 aliphatic carbocycles. The monoisotopic (exact) mass is 302 g/mol. The molecule has 2 bridgehead atoms. The lowest BCUT2D eigenvalue weighted by Gasteiger charge is -2.32. The lowest BCUT2D eigenvalue weighted by molar-refractivity contribution is -0.158. The van der Waals surface area contributed by atoms with Crippen LogP contribution in [0.4, 0.5) is 0 Å². The number of hydrogen-bond acceptors (Lipinski definition) is 4. The summed E-state index contributed by atoms with van der Waals surface area (Å²) in [7, 11) is 0. The number of hydrogen-bond donors (Lipinski definition) is 0. The first-order valence-electron chi connectivity index (χ1n) is 7.58. The molecule has 4 heteroatoms. The van der Waals surface area contributed by atoms with Gasteiger partial charge >= 0.3 is 5.97 Å². The van der Waals surface area contributed by atoms with Crippen LogP contribution in [0.1, 0.15) is 31.9 Å². The SMILES string of the molecule is CC(=O)OC1C(OCc2ccccc2C)[C@]2(C)C=C[C@@]1(C)O2. The van der Waals surface area contributed by atoms with Crippen LogP contribution in [-0.2, 0) is 25.6 Å². The summed E-state index contributed by atoms with van der Waals surface area (Å²) in [5, 5.41) is 0. The number of esters is 1. The molecule has 1 fully saturated rings. The highest BCUT2D eigenvalue weighted by atomic mass is 16.6. The van der Waals surface area contributed by atoms with E-state index in [1.54, 1.807) is 0 Å². The van der Waals surface area contributed by atoms with E-state index in [2.05, 4.69) is 13.0 Å². The van der Waals surface area contributed by atoms with Gasteiger partial charge in [0.05, 0.1) is 6.61 Å². The van der Waals surface area contributed by atoms with E-state index in [9.17, 15) is 4.79 Å². The number of benzene rings is 1. The molecule has 2 aliphatic rings. The molecule has 2 aliphatic heterocycles. The zero-order valence-electron chi connectivity index (χ0n) is 13.5. The van der Waals surface area contributed by atoms with Crippen molar-refractivity contribution in [2.75, 3.05) is 0 Å². The summed E-state index contributed by atoms with van der Waals surface area (Å²) in [5.41, 5.74) is 1.14. The van der Waals surface area contributed by atoms with E-state index in [1.165, 1.54) is 12.5 Å². The van der Waals surface area contributed by atoms with Gasteiger partial charge in [-0.3, -0.25) is 4.79 Å². The van der Waals surface area contributed by atoms with Gasteiger partial charge in [-0.05, 0) is 31.9 Å². The third-order valence-corrected chi connectivity index (χ3v) is 4.56. The fourth-order valence-corrected chi connectivity index (χ4v) is 3.34. The van der Waals surface area contributed by atoms with E-state index in [-0.39, 0.29) is 12.1 Å². The molecule has 1 saturated heterocycles. The Labute approximate surface area is 131 Å². The first-order valence-corrected chi connectivity index (χ1v) is 7.58. The van der Waals surface area contributed by atoms with E-state index in [1.807, 2.05) is 44.2 Å². The maximum atomic E-state index is 11.4. The summed E-state index contributed by atoms with van der Waals surface area (Å²) in [6.45, 7) is 7.85. The summed E-state index contributed by atoms with van der Waals surface area (Å²) >= 11 is 0. The van der Waals surface area contributed by atoms with Gasteiger partial charge in [-0.2, -0.15) is 0 Å².